The van der Waals surface area contributed by atoms with Gasteiger partial charge in [-0.2, -0.15) is 0 Å². The summed E-state index contributed by atoms with van der Waals surface area (Å²) in [6.45, 7) is 7.07. The molecular weight excluding hydrogens is 310 g/mol. The van der Waals surface area contributed by atoms with E-state index in [-0.39, 0.29) is 18.4 Å². The van der Waals surface area contributed by atoms with E-state index in [1.54, 1.807) is 39.0 Å². The Morgan fingerprint density at radius 1 is 1.17 bits per heavy atom. The third-order valence-corrected chi connectivity index (χ3v) is 3.59. The summed E-state index contributed by atoms with van der Waals surface area (Å²) in [5.74, 6) is -1.86. The van der Waals surface area contributed by atoms with Crippen LogP contribution in [0.2, 0.25) is 0 Å². The smallest absolute Gasteiger partial charge is 0.321 e. The molecule has 3 N–H and O–H groups in total. The van der Waals surface area contributed by atoms with Crippen molar-refractivity contribution in [2.24, 2.45) is 11.8 Å². The highest BCUT2D eigenvalue weighted by molar-refractivity contribution is 5.94. The Morgan fingerprint density at radius 2 is 1.79 bits per heavy atom. The summed E-state index contributed by atoms with van der Waals surface area (Å²) in [5.41, 5.74) is 2.00. The standard InChI is InChI=1S/C17H25N3O4/c1-10(2)15(21)18-13-7-6-11(3)14(8-13)19-17(24)20(5)9-12(4)16(22)23/h6-8,10,12H,9H2,1-5H3,(H,18,21)(H,19,24)(H,22,23). The molecule has 0 saturated heterocycles. The lowest BCUT2D eigenvalue weighted by Gasteiger charge is -2.21. The number of urea groups is 1. The molecule has 0 saturated carbocycles. The van der Waals surface area contributed by atoms with Crippen molar-refractivity contribution < 1.29 is 19.5 Å². The van der Waals surface area contributed by atoms with Gasteiger partial charge in [-0.05, 0) is 24.6 Å². The third kappa shape index (κ3) is 5.57. The van der Waals surface area contributed by atoms with Gasteiger partial charge in [0.2, 0.25) is 5.91 Å². The molecule has 24 heavy (non-hydrogen) atoms. The summed E-state index contributed by atoms with van der Waals surface area (Å²) in [6, 6.07) is 4.84. The van der Waals surface area contributed by atoms with E-state index in [2.05, 4.69) is 10.6 Å². The van der Waals surface area contributed by atoms with Crippen LogP contribution in [0.15, 0.2) is 18.2 Å². The maximum Gasteiger partial charge on any atom is 0.321 e. The number of carbonyl (C=O) groups is 3. The van der Waals surface area contributed by atoms with Crippen molar-refractivity contribution >= 4 is 29.3 Å². The fourth-order valence-electron chi connectivity index (χ4n) is 1.90. The average molecular weight is 335 g/mol. The van der Waals surface area contributed by atoms with Gasteiger partial charge >= 0.3 is 12.0 Å². The third-order valence-electron chi connectivity index (χ3n) is 3.59. The molecule has 0 bridgehead atoms. The first-order valence-corrected chi connectivity index (χ1v) is 7.78. The Balaban J connectivity index is 2.81. The van der Waals surface area contributed by atoms with Gasteiger partial charge in [-0.25, -0.2) is 4.79 Å². The van der Waals surface area contributed by atoms with Crippen molar-refractivity contribution in [3.05, 3.63) is 23.8 Å². The monoisotopic (exact) mass is 335 g/mol. The zero-order chi connectivity index (χ0) is 18.4. The number of aryl methyl sites for hydroxylation is 1. The zero-order valence-electron chi connectivity index (χ0n) is 14.7. The van der Waals surface area contributed by atoms with Gasteiger partial charge < -0.3 is 20.6 Å². The average Bonchev–Trinajstić information content (AvgIpc) is 2.49. The molecule has 0 fully saturated rings. The summed E-state index contributed by atoms with van der Waals surface area (Å²) in [4.78, 5) is 36.2. The molecule has 7 heteroatoms. The van der Waals surface area contributed by atoms with Gasteiger partial charge in [0.05, 0.1) is 5.92 Å². The predicted octanol–water partition coefficient (Wildman–Crippen LogP) is 2.77. The maximum atomic E-state index is 12.2. The number of carboxylic acids is 1. The quantitative estimate of drug-likeness (QED) is 0.744. The lowest BCUT2D eigenvalue weighted by molar-refractivity contribution is -0.141. The molecule has 0 aliphatic rings. The van der Waals surface area contributed by atoms with E-state index in [0.29, 0.717) is 11.4 Å². The summed E-state index contributed by atoms with van der Waals surface area (Å²) in [5, 5.41) is 14.4. The number of hydrogen-bond donors (Lipinski definition) is 3. The predicted molar refractivity (Wildman–Crippen MR) is 93.1 cm³/mol. The van der Waals surface area contributed by atoms with Crippen molar-refractivity contribution in [1.29, 1.82) is 0 Å². The van der Waals surface area contributed by atoms with Crippen molar-refractivity contribution in [2.45, 2.75) is 27.7 Å². The molecule has 0 heterocycles. The number of rotatable bonds is 6. The number of carbonyl (C=O) groups excluding carboxylic acids is 2. The molecule has 0 aliphatic carbocycles. The largest absolute Gasteiger partial charge is 0.481 e. The number of aliphatic carboxylic acids is 1. The lowest BCUT2D eigenvalue weighted by Crippen LogP contribution is -2.36. The molecule has 3 amide bonds. The number of anilines is 2. The molecule has 0 radical (unpaired) electrons. The molecule has 1 atom stereocenters. The highest BCUT2D eigenvalue weighted by Gasteiger charge is 2.18. The van der Waals surface area contributed by atoms with Crippen LogP contribution in [-0.4, -0.2) is 41.5 Å². The van der Waals surface area contributed by atoms with Crippen LogP contribution in [0.1, 0.15) is 26.3 Å². The molecule has 132 valence electrons. The Bertz CT molecular complexity index is 628. The highest BCUT2D eigenvalue weighted by Crippen LogP contribution is 2.21. The van der Waals surface area contributed by atoms with Gasteiger partial charge in [-0.15, -0.1) is 0 Å². The van der Waals surface area contributed by atoms with Crippen molar-refractivity contribution in [2.75, 3.05) is 24.2 Å². The number of benzene rings is 1. The number of amides is 3. The van der Waals surface area contributed by atoms with Crippen LogP contribution in [0.5, 0.6) is 0 Å². The Morgan fingerprint density at radius 3 is 2.33 bits per heavy atom. The number of carboxylic acid groups (broad SMARTS) is 1. The van der Waals surface area contributed by atoms with E-state index in [4.69, 9.17) is 5.11 Å². The SMILES string of the molecule is Cc1ccc(NC(=O)C(C)C)cc1NC(=O)N(C)CC(C)C(=O)O. The molecule has 1 aromatic carbocycles. The summed E-state index contributed by atoms with van der Waals surface area (Å²) in [7, 11) is 1.54. The minimum atomic E-state index is -0.954. The van der Waals surface area contributed by atoms with E-state index in [1.165, 1.54) is 11.9 Å². The molecule has 0 aromatic heterocycles. The summed E-state index contributed by atoms with van der Waals surface area (Å²) < 4.78 is 0. The van der Waals surface area contributed by atoms with Crippen molar-refractivity contribution in [3.8, 4) is 0 Å². The number of hydrogen-bond acceptors (Lipinski definition) is 3. The van der Waals surface area contributed by atoms with Gasteiger partial charge in [-0.1, -0.05) is 26.8 Å². The van der Waals surface area contributed by atoms with E-state index in [1.807, 2.05) is 6.92 Å². The van der Waals surface area contributed by atoms with Gasteiger partial charge in [0.1, 0.15) is 0 Å². The van der Waals surface area contributed by atoms with Crippen LogP contribution in [0, 0.1) is 18.8 Å². The van der Waals surface area contributed by atoms with Crippen LogP contribution < -0.4 is 10.6 Å². The summed E-state index contributed by atoms with van der Waals surface area (Å²) in [6.07, 6.45) is 0. The van der Waals surface area contributed by atoms with Crippen molar-refractivity contribution in [3.63, 3.8) is 0 Å². The van der Waals surface area contributed by atoms with Gasteiger partial charge in [0, 0.05) is 30.9 Å². The van der Waals surface area contributed by atoms with E-state index in [9.17, 15) is 14.4 Å². The topological polar surface area (TPSA) is 98.7 Å². The van der Waals surface area contributed by atoms with E-state index >= 15 is 0 Å². The zero-order valence-corrected chi connectivity index (χ0v) is 14.7. The molecule has 7 nitrogen and oxygen atoms in total. The van der Waals surface area contributed by atoms with E-state index < -0.39 is 17.9 Å². The molecule has 0 aliphatic heterocycles. The minimum Gasteiger partial charge on any atom is -0.481 e. The second kappa shape index (κ2) is 8.33. The summed E-state index contributed by atoms with van der Waals surface area (Å²) >= 11 is 0. The first-order chi connectivity index (χ1) is 11.1. The molecule has 0 spiro atoms. The lowest BCUT2D eigenvalue weighted by atomic mass is 10.1. The van der Waals surface area contributed by atoms with Gasteiger partial charge in [0.15, 0.2) is 0 Å². The minimum absolute atomic E-state index is 0.101. The van der Waals surface area contributed by atoms with Crippen LogP contribution in [0.3, 0.4) is 0 Å². The second-order valence-electron chi connectivity index (χ2n) is 6.22. The number of nitrogens with one attached hydrogen (secondary N) is 2. The Labute approximate surface area is 142 Å². The van der Waals surface area contributed by atoms with Crippen LogP contribution in [-0.2, 0) is 9.59 Å². The fraction of sp³-hybridized carbons (Fsp3) is 0.471. The first-order valence-electron chi connectivity index (χ1n) is 7.78. The van der Waals surface area contributed by atoms with Crippen molar-refractivity contribution in [1.82, 2.24) is 4.90 Å². The molecule has 1 unspecified atom stereocenters. The second-order valence-corrected chi connectivity index (χ2v) is 6.22. The van der Waals surface area contributed by atoms with Crippen LogP contribution in [0.4, 0.5) is 16.2 Å². The molecular formula is C17H25N3O4. The Kier molecular flexibility index (Phi) is 6.76. The van der Waals surface area contributed by atoms with Crippen LogP contribution >= 0.6 is 0 Å². The molecule has 1 rings (SSSR count). The fourth-order valence-corrected chi connectivity index (χ4v) is 1.90. The normalized spacial score (nSPS) is 11.8. The first kappa shape index (κ1) is 19.5. The molecule has 1 aromatic rings. The maximum absolute atomic E-state index is 12.2. The van der Waals surface area contributed by atoms with E-state index in [0.717, 1.165) is 5.56 Å². The van der Waals surface area contributed by atoms with Gasteiger partial charge in [0.25, 0.3) is 0 Å². The van der Waals surface area contributed by atoms with Crippen LogP contribution in [0.25, 0.3) is 0 Å². The highest BCUT2D eigenvalue weighted by atomic mass is 16.4. The number of nitrogens with zero attached hydrogens (tertiary/aromatic N) is 1. The van der Waals surface area contributed by atoms with Gasteiger partial charge in [-0.3, -0.25) is 9.59 Å². The Hall–Kier alpha value is -2.57.